The average Bonchev–Trinajstić information content (AvgIpc) is 2.35. The van der Waals surface area contributed by atoms with Crippen LogP contribution in [0.3, 0.4) is 0 Å². The molecule has 0 saturated heterocycles. The van der Waals surface area contributed by atoms with Gasteiger partial charge in [-0.1, -0.05) is 0 Å². The predicted molar refractivity (Wildman–Crippen MR) is 42.7 cm³/mol. The van der Waals surface area contributed by atoms with Crippen LogP contribution in [-0.4, -0.2) is 18.1 Å². The third kappa shape index (κ3) is 2.41. The molecule has 6 heteroatoms. The molecular weight excluding hydrogens is 160 g/mol. The van der Waals surface area contributed by atoms with E-state index in [1.807, 2.05) is 5.43 Å². The summed E-state index contributed by atoms with van der Waals surface area (Å²) in [5, 5.41) is 10.5. The van der Waals surface area contributed by atoms with E-state index in [9.17, 15) is 4.79 Å². The molecule has 1 rings (SSSR count). The summed E-state index contributed by atoms with van der Waals surface area (Å²) in [5.74, 6) is 0.601. The summed E-state index contributed by atoms with van der Waals surface area (Å²) >= 11 is 0. The van der Waals surface area contributed by atoms with E-state index < -0.39 is 6.03 Å². The van der Waals surface area contributed by atoms with E-state index >= 15 is 0 Å². The normalized spacial score (nSPS) is 16.0. The highest BCUT2D eigenvalue weighted by atomic mass is 16.5. The molecule has 0 aromatic heterocycles. The minimum Gasteiger partial charge on any atom is -0.442 e. The van der Waals surface area contributed by atoms with E-state index in [-0.39, 0.29) is 5.90 Å². The van der Waals surface area contributed by atoms with Gasteiger partial charge in [-0.15, -0.1) is 0 Å². The summed E-state index contributed by atoms with van der Waals surface area (Å²) in [5.41, 5.74) is 6.74. The molecule has 0 bridgehead atoms. The second-order valence-corrected chi connectivity index (χ2v) is 2.07. The molecular formula is C6H8N4O2. The summed E-state index contributed by atoms with van der Waals surface area (Å²) < 4.78 is 4.85. The van der Waals surface area contributed by atoms with Crippen molar-refractivity contribution in [3.05, 3.63) is 11.8 Å². The van der Waals surface area contributed by atoms with Gasteiger partial charge in [-0.3, -0.25) is 5.41 Å². The van der Waals surface area contributed by atoms with E-state index in [2.05, 4.69) is 5.10 Å². The first-order chi connectivity index (χ1) is 5.68. The Labute approximate surface area is 68.6 Å². The van der Waals surface area contributed by atoms with Crippen LogP contribution < -0.4 is 11.2 Å². The van der Waals surface area contributed by atoms with Crippen molar-refractivity contribution in [2.45, 2.75) is 6.42 Å². The zero-order chi connectivity index (χ0) is 8.97. The highest BCUT2D eigenvalue weighted by molar-refractivity contribution is 5.88. The molecule has 0 spiro atoms. The molecule has 1 heterocycles. The van der Waals surface area contributed by atoms with Crippen molar-refractivity contribution >= 4 is 18.1 Å². The van der Waals surface area contributed by atoms with E-state index in [1.54, 1.807) is 6.08 Å². The van der Waals surface area contributed by atoms with Crippen LogP contribution >= 0.6 is 0 Å². The Morgan fingerprint density at radius 2 is 2.67 bits per heavy atom. The van der Waals surface area contributed by atoms with Crippen molar-refractivity contribution in [2.24, 2.45) is 10.8 Å². The summed E-state index contributed by atoms with van der Waals surface area (Å²) in [4.78, 5) is 10.1. The van der Waals surface area contributed by atoms with Crippen LogP contribution in [0.25, 0.3) is 0 Å². The number of primary amides is 1. The molecule has 0 unspecified atom stereocenters. The maximum absolute atomic E-state index is 10.1. The smallest absolute Gasteiger partial charge is 0.332 e. The van der Waals surface area contributed by atoms with Gasteiger partial charge < -0.3 is 10.5 Å². The first-order valence-electron chi connectivity index (χ1n) is 3.22. The van der Waals surface area contributed by atoms with Gasteiger partial charge in [-0.2, -0.15) is 5.10 Å². The Hall–Kier alpha value is -1.85. The number of hydrogen-bond donors (Lipinski definition) is 3. The van der Waals surface area contributed by atoms with E-state index in [1.165, 1.54) is 6.21 Å². The third-order valence-corrected chi connectivity index (χ3v) is 1.10. The van der Waals surface area contributed by atoms with E-state index in [0.717, 1.165) is 0 Å². The molecule has 12 heavy (non-hydrogen) atoms. The molecule has 0 aromatic carbocycles. The molecule has 0 saturated carbocycles. The predicted octanol–water partition coefficient (Wildman–Crippen LogP) is -0.0780. The molecule has 4 N–H and O–H groups in total. The van der Waals surface area contributed by atoms with Crippen LogP contribution in [0.15, 0.2) is 16.9 Å². The number of allylic oxidation sites excluding steroid dienone is 1. The van der Waals surface area contributed by atoms with Crippen LogP contribution in [0.2, 0.25) is 0 Å². The quantitative estimate of drug-likeness (QED) is 0.396. The number of carbonyl (C=O) groups excluding carboxylic acids is 1. The lowest BCUT2D eigenvalue weighted by Gasteiger charge is -1.95. The van der Waals surface area contributed by atoms with Gasteiger partial charge in [0.05, 0.1) is 6.21 Å². The number of ether oxygens (including phenoxy) is 1. The highest BCUT2D eigenvalue weighted by Crippen LogP contribution is 2.07. The number of urea groups is 1. The van der Waals surface area contributed by atoms with E-state index in [0.29, 0.717) is 12.2 Å². The molecule has 1 aliphatic heterocycles. The van der Waals surface area contributed by atoms with Crippen molar-refractivity contribution in [1.82, 2.24) is 5.43 Å². The monoisotopic (exact) mass is 168 g/mol. The largest absolute Gasteiger partial charge is 0.442 e. The Morgan fingerprint density at radius 3 is 3.17 bits per heavy atom. The number of nitrogens with two attached hydrogens (primary N) is 1. The number of carbonyl (C=O) groups is 1. The Morgan fingerprint density at radius 1 is 1.92 bits per heavy atom. The number of amides is 2. The van der Waals surface area contributed by atoms with Crippen LogP contribution in [0.5, 0.6) is 0 Å². The highest BCUT2D eigenvalue weighted by Gasteiger charge is 2.07. The van der Waals surface area contributed by atoms with Gasteiger partial charge in [0.1, 0.15) is 5.76 Å². The topological polar surface area (TPSA) is 101 Å². The average molecular weight is 168 g/mol. The van der Waals surface area contributed by atoms with Crippen molar-refractivity contribution < 1.29 is 9.53 Å². The molecule has 0 atom stereocenters. The zero-order valence-electron chi connectivity index (χ0n) is 6.20. The minimum absolute atomic E-state index is 0.163. The zero-order valence-corrected chi connectivity index (χ0v) is 6.20. The standard InChI is InChI=1S/C6H8N4O2/c7-5-2-1-4(12-5)3-9-10-6(8)11/h1,3,7H,2H2,(H3,8,10,11)/b7-5?,9-3+. The Kier molecular flexibility index (Phi) is 2.42. The summed E-state index contributed by atoms with van der Waals surface area (Å²) in [6, 6.07) is -0.736. The molecule has 0 aromatic rings. The van der Waals surface area contributed by atoms with Gasteiger partial charge in [-0.05, 0) is 6.08 Å². The van der Waals surface area contributed by atoms with Crippen LogP contribution in [0.4, 0.5) is 4.79 Å². The SMILES string of the molecule is N=C1CC=C(/C=N/NC(N)=O)O1. The lowest BCUT2D eigenvalue weighted by molar-refractivity contribution is 0.249. The molecule has 64 valence electrons. The molecule has 2 amide bonds. The fraction of sp³-hybridized carbons (Fsp3) is 0.167. The lowest BCUT2D eigenvalue weighted by Crippen LogP contribution is -2.24. The summed E-state index contributed by atoms with van der Waals surface area (Å²) in [6.45, 7) is 0. The molecule has 0 radical (unpaired) electrons. The van der Waals surface area contributed by atoms with Gasteiger partial charge in [0.2, 0.25) is 0 Å². The second-order valence-electron chi connectivity index (χ2n) is 2.07. The van der Waals surface area contributed by atoms with Gasteiger partial charge in [0.15, 0.2) is 5.90 Å². The third-order valence-electron chi connectivity index (χ3n) is 1.10. The maximum Gasteiger partial charge on any atom is 0.332 e. The van der Waals surface area contributed by atoms with E-state index in [4.69, 9.17) is 15.9 Å². The number of nitrogens with zero attached hydrogens (tertiary/aromatic N) is 1. The van der Waals surface area contributed by atoms with Gasteiger partial charge in [0, 0.05) is 6.42 Å². The molecule has 0 aliphatic carbocycles. The summed E-state index contributed by atoms with van der Waals surface area (Å²) in [7, 11) is 0. The molecule has 0 fully saturated rings. The van der Waals surface area contributed by atoms with Crippen LogP contribution in [0.1, 0.15) is 6.42 Å². The van der Waals surface area contributed by atoms with Crippen molar-refractivity contribution in [3.63, 3.8) is 0 Å². The number of hydrazone groups is 1. The van der Waals surface area contributed by atoms with Gasteiger partial charge >= 0.3 is 6.03 Å². The molecule has 6 nitrogen and oxygen atoms in total. The van der Waals surface area contributed by atoms with Crippen molar-refractivity contribution in [1.29, 1.82) is 5.41 Å². The Balaban J connectivity index is 2.37. The number of nitrogens with one attached hydrogen (secondary N) is 2. The second kappa shape index (κ2) is 3.51. The van der Waals surface area contributed by atoms with Crippen molar-refractivity contribution in [3.8, 4) is 0 Å². The first-order valence-corrected chi connectivity index (χ1v) is 3.22. The lowest BCUT2D eigenvalue weighted by atomic mass is 10.4. The van der Waals surface area contributed by atoms with Crippen LogP contribution in [-0.2, 0) is 4.74 Å². The molecule has 1 aliphatic rings. The minimum atomic E-state index is -0.736. The maximum atomic E-state index is 10.1. The Bertz CT molecular complexity index is 269. The van der Waals surface area contributed by atoms with Crippen molar-refractivity contribution in [2.75, 3.05) is 0 Å². The number of hydrogen-bond acceptors (Lipinski definition) is 4. The van der Waals surface area contributed by atoms with Gasteiger partial charge in [0.25, 0.3) is 0 Å². The fourth-order valence-corrected chi connectivity index (χ4v) is 0.657. The first kappa shape index (κ1) is 8.25. The van der Waals surface area contributed by atoms with Gasteiger partial charge in [-0.25, -0.2) is 10.2 Å². The number of rotatable bonds is 2. The summed E-state index contributed by atoms with van der Waals surface area (Å²) in [6.07, 6.45) is 3.42. The fourth-order valence-electron chi connectivity index (χ4n) is 0.657. The van der Waals surface area contributed by atoms with Crippen LogP contribution in [0, 0.1) is 5.41 Å².